The Bertz CT molecular complexity index is 1030. The Hall–Kier alpha value is -2.06. The number of nitrogens with one attached hydrogen (secondary N) is 1. The van der Waals surface area contributed by atoms with E-state index in [1.807, 2.05) is 6.92 Å². The molecule has 172 valence electrons. The second kappa shape index (κ2) is 9.43. The van der Waals surface area contributed by atoms with Gasteiger partial charge in [-0.2, -0.15) is 13.2 Å². The molecule has 0 bridgehead atoms. The Kier molecular flexibility index (Phi) is 7.25. The molecular weight excluding hydrogens is 466 g/mol. The second-order valence-electron chi connectivity index (χ2n) is 7.64. The number of aliphatic hydroxyl groups excluding tert-OH is 1. The average Bonchev–Trinajstić information content (AvgIpc) is 3.18. The topological polar surface area (TPSA) is 58.6 Å². The minimum Gasteiger partial charge on any atom is -0.394 e. The molecule has 9 heteroatoms. The van der Waals surface area contributed by atoms with E-state index < -0.39 is 11.8 Å². The third-order valence-corrected chi connectivity index (χ3v) is 5.87. The molecule has 1 aliphatic heterocycles. The van der Waals surface area contributed by atoms with Crippen LogP contribution in [0, 0.1) is 6.92 Å². The number of ether oxygens (including phenoxy) is 1. The van der Waals surface area contributed by atoms with E-state index in [4.69, 9.17) is 27.9 Å². The van der Waals surface area contributed by atoms with Gasteiger partial charge in [-0.05, 0) is 65.9 Å². The SMILES string of the molecule is CCC(CO)NC(=O)c1ccc(C2=CC(c3cc(Cl)cc(Cl)c3)(C(F)(F)F)OC2)cc1C. The van der Waals surface area contributed by atoms with Gasteiger partial charge in [-0.25, -0.2) is 0 Å². The van der Waals surface area contributed by atoms with E-state index in [9.17, 15) is 23.1 Å². The van der Waals surface area contributed by atoms with Crippen molar-refractivity contribution in [3.63, 3.8) is 0 Å². The van der Waals surface area contributed by atoms with Crippen molar-refractivity contribution in [2.75, 3.05) is 13.2 Å². The lowest BCUT2D eigenvalue weighted by atomic mass is 9.90. The van der Waals surface area contributed by atoms with Gasteiger partial charge in [-0.1, -0.05) is 42.3 Å². The molecule has 0 saturated heterocycles. The lowest BCUT2D eigenvalue weighted by Gasteiger charge is -2.30. The van der Waals surface area contributed by atoms with Crippen LogP contribution >= 0.6 is 23.2 Å². The number of benzene rings is 2. The van der Waals surface area contributed by atoms with Crippen LogP contribution in [-0.2, 0) is 10.3 Å². The summed E-state index contributed by atoms with van der Waals surface area (Å²) < 4.78 is 47.8. The van der Waals surface area contributed by atoms with Gasteiger partial charge in [0.2, 0.25) is 5.60 Å². The molecule has 2 atom stereocenters. The summed E-state index contributed by atoms with van der Waals surface area (Å²) in [6.45, 7) is 3.07. The minimum atomic E-state index is -4.75. The normalized spacial score (nSPS) is 19.6. The molecule has 0 radical (unpaired) electrons. The molecule has 0 aromatic heterocycles. The summed E-state index contributed by atoms with van der Waals surface area (Å²) in [5.41, 5.74) is -1.09. The number of alkyl halides is 3. The Morgan fingerprint density at radius 1 is 1.22 bits per heavy atom. The van der Waals surface area contributed by atoms with Gasteiger partial charge in [0.25, 0.3) is 5.91 Å². The van der Waals surface area contributed by atoms with E-state index in [1.54, 1.807) is 25.1 Å². The van der Waals surface area contributed by atoms with Crippen LogP contribution in [0.1, 0.15) is 40.4 Å². The van der Waals surface area contributed by atoms with Crippen LogP contribution in [0.15, 0.2) is 42.5 Å². The first-order valence-corrected chi connectivity index (χ1v) is 10.7. The maximum absolute atomic E-state index is 14.2. The number of aliphatic hydroxyl groups is 1. The summed E-state index contributed by atoms with van der Waals surface area (Å²) in [6.07, 6.45) is -3.16. The number of amides is 1. The van der Waals surface area contributed by atoms with Crippen LogP contribution in [0.25, 0.3) is 5.57 Å². The summed E-state index contributed by atoms with van der Waals surface area (Å²) >= 11 is 11.9. The van der Waals surface area contributed by atoms with E-state index in [2.05, 4.69) is 5.32 Å². The molecule has 1 aliphatic rings. The molecule has 2 aromatic rings. The van der Waals surface area contributed by atoms with Crippen LogP contribution in [0.4, 0.5) is 13.2 Å². The van der Waals surface area contributed by atoms with Gasteiger partial charge in [0.1, 0.15) is 0 Å². The third-order valence-electron chi connectivity index (χ3n) is 5.44. The fourth-order valence-electron chi connectivity index (χ4n) is 3.61. The minimum absolute atomic E-state index is 0.0704. The predicted octanol–water partition coefficient (Wildman–Crippen LogP) is 5.67. The first-order valence-electron chi connectivity index (χ1n) is 9.92. The molecule has 3 rings (SSSR count). The second-order valence-corrected chi connectivity index (χ2v) is 8.51. The number of hydrogen-bond donors (Lipinski definition) is 2. The van der Waals surface area contributed by atoms with Gasteiger partial charge in [-0.15, -0.1) is 0 Å². The van der Waals surface area contributed by atoms with E-state index >= 15 is 0 Å². The van der Waals surface area contributed by atoms with Crippen molar-refractivity contribution >= 4 is 34.7 Å². The molecule has 0 fully saturated rings. The third kappa shape index (κ3) is 4.81. The van der Waals surface area contributed by atoms with Crippen LogP contribution in [0.3, 0.4) is 0 Å². The molecule has 1 amide bonds. The average molecular weight is 488 g/mol. The standard InChI is InChI=1S/C23H22Cl2F3NO3/c1-3-19(11-30)29-21(31)20-5-4-14(6-13(20)2)15-10-22(32-12-15,23(26,27)28)16-7-17(24)9-18(25)8-16/h4-10,19,30H,3,11-12H2,1-2H3,(H,29,31). The van der Waals surface area contributed by atoms with Crippen molar-refractivity contribution in [1.82, 2.24) is 5.32 Å². The van der Waals surface area contributed by atoms with Gasteiger partial charge < -0.3 is 15.2 Å². The van der Waals surface area contributed by atoms with Gasteiger partial charge in [0.05, 0.1) is 19.3 Å². The maximum atomic E-state index is 14.2. The van der Waals surface area contributed by atoms with E-state index in [0.29, 0.717) is 28.7 Å². The molecule has 4 nitrogen and oxygen atoms in total. The van der Waals surface area contributed by atoms with Gasteiger partial charge in [0.15, 0.2) is 0 Å². The lowest BCUT2D eigenvalue weighted by Crippen LogP contribution is -2.41. The van der Waals surface area contributed by atoms with Crippen molar-refractivity contribution in [1.29, 1.82) is 0 Å². The number of aryl methyl sites for hydroxylation is 1. The van der Waals surface area contributed by atoms with E-state index in [1.165, 1.54) is 18.2 Å². The highest BCUT2D eigenvalue weighted by Crippen LogP contribution is 2.49. The fraction of sp³-hybridized carbons (Fsp3) is 0.348. The van der Waals surface area contributed by atoms with Gasteiger partial charge in [-0.3, -0.25) is 4.79 Å². The van der Waals surface area contributed by atoms with E-state index in [-0.39, 0.29) is 40.8 Å². The molecule has 0 saturated carbocycles. The first kappa shape index (κ1) is 24.6. The zero-order valence-electron chi connectivity index (χ0n) is 17.4. The molecule has 2 unspecified atom stereocenters. The molecule has 1 heterocycles. The van der Waals surface area contributed by atoms with Crippen molar-refractivity contribution in [3.05, 3.63) is 74.8 Å². The van der Waals surface area contributed by atoms with Crippen molar-refractivity contribution < 1.29 is 27.8 Å². The zero-order valence-corrected chi connectivity index (χ0v) is 18.9. The quantitative estimate of drug-likeness (QED) is 0.551. The number of carbonyl (C=O) groups excluding carboxylic acids is 1. The molecule has 32 heavy (non-hydrogen) atoms. The first-order chi connectivity index (χ1) is 15.0. The Balaban J connectivity index is 1.98. The molecule has 2 aromatic carbocycles. The number of halogens is 5. The number of hydrogen-bond acceptors (Lipinski definition) is 3. The highest BCUT2D eigenvalue weighted by atomic mass is 35.5. The largest absolute Gasteiger partial charge is 0.425 e. The van der Waals surface area contributed by atoms with Crippen LogP contribution < -0.4 is 5.32 Å². The van der Waals surface area contributed by atoms with Crippen molar-refractivity contribution in [2.45, 2.75) is 38.1 Å². The summed E-state index contributed by atoms with van der Waals surface area (Å²) in [5, 5.41) is 12.1. The maximum Gasteiger partial charge on any atom is 0.425 e. The summed E-state index contributed by atoms with van der Waals surface area (Å²) in [6, 6.07) is 8.12. The molecule has 0 aliphatic carbocycles. The van der Waals surface area contributed by atoms with Gasteiger partial charge >= 0.3 is 6.18 Å². The Morgan fingerprint density at radius 3 is 2.41 bits per heavy atom. The predicted molar refractivity (Wildman–Crippen MR) is 118 cm³/mol. The fourth-order valence-corrected chi connectivity index (χ4v) is 4.13. The molecule has 0 spiro atoms. The van der Waals surface area contributed by atoms with Gasteiger partial charge in [0, 0.05) is 15.6 Å². The zero-order chi connectivity index (χ0) is 23.7. The summed E-state index contributed by atoms with van der Waals surface area (Å²) in [5.74, 6) is -0.357. The monoisotopic (exact) mass is 487 g/mol. The molecular formula is C23H22Cl2F3NO3. The Morgan fingerprint density at radius 2 is 1.88 bits per heavy atom. The van der Waals surface area contributed by atoms with Crippen molar-refractivity contribution in [2.24, 2.45) is 0 Å². The molecule has 2 N–H and O–H groups in total. The lowest BCUT2D eigenvalue weighted by molar-refractivity contribution is -0.254. The summed E-state index contributed by atoms with van der Waals surface area (Å²) in [7, 11) is 0. The highest BCUT2D eigenvalue weighted by Gasteiger charge is 2.58. The van der Waals surface area contributed by atoms with Crippen LogP contribution in [0.5, 0.6) is 0 Å². The number of carbonyl (C=O) groups is 1. The van der Waals surface area contributed by atoms with Crippen LogP contribution in [0.2, 0.25) is 10.0 Å². The van der Waals surface area contributed by atoms with E-state index in [0.717, 1.165) is 6.08 Å². The summed E-state index contributed by atoms with van der Waals surface area (Å²) in [4.78, 5) is 12.5. The Labute approximate surface area is 194 Å². The highest BCUT2D eigenvalue weighted by molar-refractivity contribution is 6.34. The van der Waals surface area contributed by atoms with Crippen LogP contribution in [-0.4, -0.2) is 36.4 Å². The smallest absolute Gasteiger partial charge is 0.394 e. The van der Waals surface area contributed by atoms with Crippen molar-refractivity contribution in [3.8, 4) is 0 Å². The number of rotatable bonds is 6.